The van der Waals surface area contributed by atoms with E-state index in [0.717, 1.165) is 0 Å². The normalized spacial score (nSPS) is 39.6. The minimum absolute atomic E-state index is 0.0347. The van der Waals surface area contributed by atoms with E-state index in [1.165, 1.54) is 19.3 Å². The molecule has 0 spiro atoms. The molecule has 3 saturated heterocycles. The van der Waals surface area contributed by atoms with Crippen LogP contribution in [0, 0.1) is 0 Å². The lowest BCUT2D eigenvalue weighted by atomic mass is 9.93. The molecule has 8 nitrogen and oxygen atoms in total. The minimum atomic E-state index is -3.00. The number of amides is 1. The van der Waals surface area contributed by atoms with Crippen LogP contribution < -0.4 is 5.32 Å². The summed E-state index contributed by atoms with van der Waals surface area (Å²) in [6, 6.07) is 0.547. The van der Waals surface area contributed by atoms with Crippen molar-refractivity contribution in [2.75, 3.05) is 31.1 Å². The fourth-order valence-electron chi connectivity index (χ4n) is 4.19. The molecule has 1 aliphatic carbocycles. The van der Waals surface area contributed by atoms with Gasteiger partial charge in [-0.25, -0.2) is 8.42 Å². The van der Waals surface area contributed by atoms with Gasteiger partial charge in [-0.05, 0) is 12.8 Å². The molecule has 4 aliphatic rings. The van der Waals surface area contributed by atoms with Gasteiger partial charge in [-0.2, -0.15) is 0 Å². The SMILES string of the molecule is O=C(CC1CC2OC(CNC3CCC3)C(O)C2O1)N1CCS(=O)(=O)CC1. The van der Waals surface area contributed by atoms with E-state index in [9.17, 15) is 18.3 Å². The fourth-order valence-corrected chi connectivity index (χ4v) is 5.39. The summed E-state index contributed by atoms with van der Waals surface area (Å²) >= 11 is 0. The average Bonchev–Trinajstić information content (AvgIpc) is 3.05. The molecule has 3 aliphatic heterocycles. The second-order valence-electron chi connectivity index (χ2n) is 7.93. The molecule has 1 saturated carbocycles. The number of nitrogens with one attached hydrogen (secondary N) is 1. The molecule has 0 radical (unpaired) electrons. The number of aliphatic hydroxyl groups excluding tert-OH is 1. The maximum atomic E-state index is 12.4. The molecule has 0 aromatic heterocycles. The van der Waals surface area contributed by atoms with Gasteiger partial charge in [0.1, 0.15) is 12.2 Å². The molecule has 3 heterocycles. The Morgan fingerprint density at radius 1 is 1.19 bits per heavy atom. The third-order valence-electron chi connectivity index (χ3n) is 6.09. The number of ether oxygens (including phenoxy) is 2. The second kappa shape index (κ2) is 7.35. The smallest absolute Gasteiger partial charge is 0.225 e. The molecule has 9 heteroatoms. The first-order valence-electron chi connectivity index (χ1n) is 9.62. The minimum Gasteiger partial charge on any atom is -0.388 e. The lowest BCUT2D eigenvalue weighted by Crippen LogP contribution is -2.45. The van der Waals surface area contributed by atoms with E-state index >= 15 is 0 Å². The molecule has 5 unspecified atom stereocenters. The van der Waals surface area contributed by atoms with Crippen LogP contribution in [0.1, 0.15) is 32.1 Å². The van der Waals surface area contributed by atoms with Gasteiger partial charge in [0, 0.05) is 32.1 Å². The van der Waals surface area contributed by atoms with E-state index in [4.69, 9.17) is 9.47 Å². The number of sulfone groups is 1. The largest absolute Gasteiger partial charge is 0.388 e. The Kier molecular flexibility index (Phi) is 5.26. The monoisotopic (exact) mass is 388 g/mol. The zero-order valence-electron chi connectivity index (χ0n) is 14.9. The highest BCUT2D eigenvalue weighted by Crippen LogP contribution is 2.35. The van der Waals surface area contributed by atoms with Crippen molar-refractivity contribution in [2.45, 2.75) is 68.7 Å². The van der Waals surface area contributed by atoms with Crippen LogP contribution in [0.5, 0.6) is 0 Å². The molecule has 0 aromatic rings. The summed E-state index contributed by atoms with van der Waals surface area (Å²) in [6.45, 7) is 1.15. The Hall–Kier alpha value is -0.740. The number of rotatable bonds is 5. The van der Waals surface area contributed by atoms with Crippen LogP contribution in [0.2, 0.25) is 0 Å². The van der Waals surface area contributed by atoms with Gasteiger partial charge in [-0.3, -0.25) is 4.79 Å². The molecule has 4 fully saturated rings. The molecule has 0 aromatic carbocycles. The van der Waals surface area contributed by atoms with E-state index in [0.29, 0.717) is 19.0 Å². The maximum absolute atomic E-state index is 12.4. The zero-order chi connectivity index (χ0) is 18.3. The number of nitrogens with zero attached hydrogens (tertiary/aromatic N) is 1. The van der Waals surface area contributed by atoms with Gasteiger partial charge < -0.3 is 24.8 Å². The zero-order valence-corrected chi connectivity index (χ0v) is 15.7. The van der Waals surface area contributed by atoms with Crippen molar-refractivity contribution in [3.05, 3.63) is 0 Å². The third-order valence-corrected chi connectivity index (χ3v) is 7.70. The van der Waals surface area contributed by atoms with Gasteiger partial charge in [0.15, 0.2) is 9.84 Å². The number of carbonyl (C=O) groups is 1. The van der Waals surface area contributed by atoms with Gasteiger partial charge in [0.25, 0.3) is 0 Å². The first kappa shape index (κ1) is 18.6. The molecule has 148 valence electrons. The Labute approximate surface area is 154 Å². The van der Waals surface area contributed by atoms with Crippen molar-refractivity contribution >= 4 is 15.7 Å². The quantitative estimate of drug-likeness (QED) is 0.626. The van der Waals surface area contributed by atoms with Gasteiger partial charge in [0.05, 0.1) is 36.2 Å². The predicted molar refractivity (Wildman–Crippen MR) is 93.4 cm³/mol. The number of hydrogen-bond donors (Lipinski definition) is 2. The van der Waals surface area contributed by atoms with Crippen molar-refractivity contribution in [1.29, 1.82) is 0 Å². The lowest BCUT2D eigenvalue weighted by Gasteiger charge is -2.29. The molecule has 1 amide bonds. The molecule has 4 rings (SSSR count). The van der Waals surface area contributed by atoms with Gasteiger partial charge in [0.2, 0.25) is 5.91 Å². The van der Waals surface area contributed by atoms with Crippen LogP contribution in [0.4, 0.5) is 0 Å². The standard InChI is InChI=1S/C17H28N2O6S/c20-15(19-4-6-26(22,23)7-5-19)9-12-8-13-17(24-12)16(21)14(25-13)10-18-11-2-1-3-11/h11-14,16-18,21H,1-10H2. The average molecular weight is 388 g/mol. The summed E-state index contributed by atoms with van der Waals surface area (Å²) in [4.78, 5) is 14.0. The lowest BCUT2D eigenvalue weighted by molar-refractivity contribution is -0.134. The molecule has 0 bridgehead atoms. The molecule has 26 heavy (non-hydrogen) atoms. The summed E-state index contributed by atoms with van der Waals surface area (Å²) < 4.78 is 34.8. The summed E-state index contributed by atoms with van der Waals surface area (Å²) in [5.41, 5.74) is 0. The van der Waals surface area contributed by atoms with E-state index in [1.807, 2.05) is 0 Å². The number of carbonyl (C=O) groups excluding carboxylic acids is 1. The van der Waals surface area contributed by atoms with Crippen LogP contribution in [0.25, 0.3) is 0 Å². The highest BCUT2D eigenvalue weighted by Gasteiger charge is 2.50. The Balaban J connectivity index is 1.23. The predicted octanol–water partition coefficient (Wildman–Crippen LogP) is -0.939. The molecule has 5 atom stereocenters. The van der Waals surface area contributed by atoms with Gasteiger partial charge in [-0.15, -0.1) is 0 Å². The first-order chi connectivity index (χ1) is 12.4. The summed E-state index contributed by atoms with van der Waals surface area (Å²) in [6.07, 6.45) is 2.71. The maximum Gasteiger partial charge on any atom is 0.225 e. The van der Waals surface area contributed by atoms with E-state index in [1.54, 1.807) is 4.90 Å². The summed E-state index contributed by atoms with van der Waals surface area (Å²) in [7, 11) is -3.00. The van der Waals surface area contributed by atoms with Crippen LogP contribution in [0.3, 0.4) is 0 Å². The van der Waals surface area contributed by atoms with Crippen LogP contribution in [0.15, 0.2) is 0 Å². The van der Waals surface area contributed by atoms with Crippen molar-refractivity contribution < 1.29 is 27.8 Å². The van der Waals surface area contributed by atoms with Crippen molar-refractivity contribution in [3.63, 3.8) is 0 Å². The van der Waals surface area contributed by atoms with Gasteiger partial charge >= 0.3 is 0 Å². The van der Waals surface area contributed by atoms with Gasteiger partial charge in [-0.1, -0.05) is 6.42 Å². The van der Waals surface area contributed by atoms with Crippen LogP contribution >= 0.6 is 0 Å². The van der Waals surface area contributed by atoms with Crippen molar-refractivity contribution in [3.8, 4) is 0 Å². The first-order valence-corrected chi connectivity index (χ1v) is 11.4. The second-order valence-corrected chi connectivity index (χ2v) is 10.2. The molecular weight excluding hydrogens is 360 g/mol. The number of fused-ring (bicyclic) bond motifs is 1. The topological polar surface area (TPSA) is 105 Å². The molecule has 2 N–H and O–H groups in total. The van der Waals surface area contributed by atoms with E-state index in [2.05, 4.69) is 5.32 Å². The van der Waals surface area contributed by atoms with Crippen molar-refractivity contribution in [1.82, 2.24) is 10.2 Å². The summed E-state index contributed by atoms with van der Waals surface area (Å²) in [5, 5.41) is 13.9. The van der Waals surface area contributed by atoms with E-state index in [-0.39, 0.29) is 61.3 Å². The highest BCUT2D eigenvalue weighted by molar-refractivity contribution is 7.91. The van der Waals surface area contributed by atoms with E-state index < -0.39 is 15.9 Å². The Morgan fingerprint density at radius 3 is 2.54 bits per heavy atom. The van der Waals surface area contributed by atoms with Crippen LogP contribution in [-0.2, 0) is 24.1 Å². The summed E-state index contributed by atoms with van der Waals surface area (Å²) in [5.74, 6) is -0.0115. The Bertz CT molecular complexity index is 623. The Morgan fingerprint density at radius 2 is 1.92 bits per heavy atom. The van der Waals surface area contributed by atoms with Crippen molar-refractivity contribution in [2.24, 2.45) is 0 Å². The number of aliphatic hydroxyl groups is 1. The highest BCUT2D eigenvalue weighted by atomic mass is 32.2. The fraction of sp³-hybridized carbons (Fsp3) is 0.941. The van der Waals surface area contributed by atoms with Crippen LogP contribution in [-0.4, -0.2) is 92.0 Å². The third kappa shape index (κ3) is 3.91. The number of hydrogen-bond acceptors (Lipinski definition) is 7. The molecular formula is C17H28N2O6S.